The summed E-state index contributed by atoms with van der Waals surface area (Å²) in [6.07, 6.45) is 0. The van der Waals surface area contributed by atoms with Gasteiger partial charge in [-0.25, -0.2) is 0 Å². The van der Waals surface area contributed by atoms with E-state index in [0.717, 1.165) is 0 Å². The number of benzene rings is 1. The smallest absolute Gasteiger partial charge is 0.545 e. The van der Waals surface area contributed by atoms with Gasteiger partial charge in [0.2, 0.25) is 0 Å². The molecule has 0 spiro atoms. The maximum Gasteiger partial charge on any atom is 1.00 e. The SMILES string of the molecule is F.O=C([O-])c1ccccc1.[Na+]. The zero-order valence-corrected chi connectivity index (χ0v) is 8.11. The third-order valence-electron chi connectivity index (χ3n) is 1.01. The first kappa shape index (κ1) is 13.2. The van der Waals surface area contributed by atoms with Crippen LogP contribution in [-0.2, 0) is 0 Å². The van der Waals surface area contributed by atoms with Gasteiger partial charge < -0.3 is 9.90 Å². The van der Waals surface area contributed by atoms with Gasteiger partial charge in [0.15, 0.2) is 0 Å². The molecule has 54 valence electrons. The van der Waals surface area contributed by atoms with Gasteiger partial charge >= 0.3 is 29.6 Å². The van der Waals surface area contributed by atoms with Crippen LogP contribution < -0.4 is 34.7 Å². The molecule has 0 aliphatic rings. The number of carbonyl (C=O) groups excluding carboxylic acids is 1. The minimum atomic E-state index is -1.13. The van der Waals surface area contributed by atoms with Crippen molar-refractivity contribution in [1.82, 2.24) is 0 Å². The Morgan fingerprint density at radius 1 is 1.18 bits per heavy atom. The zero-order valence-electron chi connectivity index (χ0n) is 6.11. The van der Waals surface area contributed by atoms with Crippen LogP contribution in [0.25, 0.3) is 0 Å². The molecule has 2 nitrogen and oxygen atoms in total. The molecular formula is C7H6FNaO2. The van der Waals surface area contributed by atoms with Crippen molar-refractivity contribution in [3.8, 4) is 0 Å². The van der Waals surface area contributed by atoms with E-state index >= 15 is 0 Å². The van der Waals surface area contributed by atoms with Crippen LogP contribution in [0.1, 0.15) is 10.4 Å². The van der Waals surface area contributed by atoms with Gasteiger partial charge in [0.25, 0.3) is 0 Å². The second kappa shape index (κ2) is 6.34. The van der Waals surface area contributed by atoms with E-state index in [4.69, 9.17) is 0 Å². The second-order valence-electron chi connectivity index (χ2n) is 1.65. The summed E-state index contributed by atoms with van der Waals surface area (Å²) in [5, 5.41) is 10.1. The number of aromatic carboxylic acids is 1. The van der Waals surface area contributed by atoms with E-state index in [9.17, 15) is 9.90 Å². The molecule has 4 heteroatoms. The minimum absolute atomic E-state index is 0. The standard InChI is InChI=1S/C7H6O2.FH.Na/c8-7(9)6-4-2-1-3-5-6;;/h1-5H,(H,8,9);1H;/q;;+1/p-1. The molecule has 0 aromatic heterocycles. The van der Waals surface area contributed by atoms with Crippen LogP contribution in [0.3, 0.4) is 0 Å². The maximum atomic E-state index is 10.1. The largest absolute Gasteiger partial charge is 1.00 e. The Hall–Kier alpha value is -0.380. The van der Waals surface area contributed by atoms with Crippen molar-refractivity contribution in [2.24, 2.45) is 0 Å². The summed E-state index contributed by atoms with van der Waals surface area (Å²) in [7, 11) is 0. The topological polar surface area (TPSA) is 40.1 Å². The second-order valence-corrected chi connectivity index (χ2v) is 1.65. The van der Waals surface area contributed by atoms with Crippen LogP contribution in [0.2, 0.25) is 0 Å². The summed E-state index contributed by atoms with van der Waals surface area (Å²) in [6.45, 7) is 0. The van der Waals surface area contributed by atoms with Crippen LogP contribution in [0.4, 0.5) is 4.70 Å². The van der Waals surface area contributed by atoms with Gasteiger partial charge in [-0.2, -0.15) is 0 Å². The number of halogens is 1. The van der Waals surface area contributed by atoms with Gasteiger partial charge in [0, 0.05) is 0 Å². The molecular weight excluding hydrogens is 158 g/mol. The Kier molecular flexibility index (Phi) is 7.62. The molecule has 11 heavy (non-hydrogen) atoms. The van der Waals surface area contributed by atoms with E-state index in [2.05, 4.69) is 0 Å². The normalized spacial score (nSPS) is 7.27. The molecule has 0 fully saturated rings. The molecule has 0 atom stereocenters. The third-order valence-corrected chi connectivity index (χ3v) is 1.01. The van der Waals surface area contributed by atoms with Crippen molar-refractivity contribution in [3.63, 3.8) is 0 Å². The number of hydrogen-bond donors (Lipinski definition) is 0. The van der Waals surface area contributed by atoms with Crippen LogP contribution in [0, 0.1) is 0 Å². The maximum absolute atomic E-state index is 10.1. The molecule has 0 aliphatic carbocycles. The predicted molar refractivity (Wildman–Crippen MR) is 33.3 cm³/mol. The van der Waals surface area contributed by atoms with Crippen molar-refractivity contribution in [1.29, 1.82) is 0 Å². The van der Waals surface area contributed by atoms with Crippen molar-refractivity contribution in [3.05, 3.63) is 35.9 Å². The van der Waals surface area contributed by atoms with Crippen molar-refractivity contribution >= 4 is 5.97 Å². The Morgan fingerprint density at radius 3 is 1.91 bits per heavy atom. The average Bonchev–Trinajstić information content (AvgIpc) is 1.90. The Bertz CT molecular complexity index is 213. The van der Waals surface area contributed by atoms with Gasteiger partial charge in [-0.15, -0.1) is 0 Å². The molecule has 0 amide bonds. The molecule has 1 aromatic carbocycles. The summed E-state index contributed by atoms with van der Waals surface area (Å²) < 4.78 is 0. The van der Waals surface area contributed by atoms with Crippen LogP contribution in [-0.4, -0.2) is 5.97 Å². The molecule has 0 unspecified atom stereocenters. The third kappa shape index (κ3) is 4.14. The fourth-order valence-electron chi connectivity index (χ4n) is 0.574. The summed E-state index contributed by atoms with van der Waals surface area (Å²) in [5.74, 6) is -1.13. The van der Waals surface area contributed by atoms with Crippen LogP contribution in [0.5, 0.6) is 0 Å². The first-order valence-corrected chi connectivity index (χ1v) is 2.57. The fraction of sp³-hybridized carbons (Fsp3) is 0. The monoisotopic (exact) mass is 164 g/mol. The first-order chi connectivity index (χ1) is 4.30. The minimum Gasteiger partial charge on any atom is -0.545 e. The van der Waals surface area contributed by atoms with E-state index in [1.54, 1.807) is 18.2 Å². The van der Waals surface area contributed by atoms with Gasteiger partial charge in [-0.05, 0) is 5.56 Å². The van der Waals surface area contributed by atoms with Crippen LogP contribution >= 0.6 is 0 Å². The Morgan fingerprint density at radius 2 is 1.64 bits per heavy atom. The summed E-state index contributed by atoms with van der Waals surface area (Å²) in [4.78, 5) is 10.1. The van der Waals surface area contributed by atoms with Crippen molar-refractivity contribution in [2.45, 2.75) is 0 Å². The van der Waals surface area contributed by atoms with E-state index in [1.807, 2.05) is 0 Å². The molecule has 0 saturated heterocycles. The zero-order chi connectivity index (χ0) is 6.69. The number of rotatable bonds is 1. The molecule has 0 heterocycles. The van der Waals surface area contributed by atoms with E-state index < -0.39 is 5.97 Å². The molecule has 0 N–H and O–H groups in total. The van der Waals surface area contributed by atoms with Crippen molar-refractivity contribution in [2.75, 3.05) is 0 Å². The van der Waals surface area contributed by atoms with Gasteiger partial charge in [0.05, 0.1) is 5.97 Å². The number of hydrogen-bond acceptors (Lipinski definition) is 2. The molecule has 1 aromatic rings. The Balaban J connectivity index is 0. The predicted octanol–water partition coefficient (Wildman–Crippen LogP) is -2.79. The Labute approximate surface area is 85.9 Å². The summed E-state index contributed by atoms with van der Waals surface area (Å²) >= 11 is 0. The van der Waals surface area contributed by atoms with Gasteiger partial charge in [-0.1, -0.05) is 30.3 Å². The number of carboxylic acid groups (broad SMARTS) is 1. The van der Waals surface area contributed by atoms with E-state index in [0.29, 0.717) is 0 Å². The molecule has 0 saturated carbocycles. The van der Waals surface area contributed by atoms with Crippen LogP contribution in [0.15, 0.2) is 30.3 Å². The first-order valence-electron chi connectivity index (χ1n) is 2.57. The van der Waals surface area contributed by atoms with E-state index in [-0.39, 0.29) is 39.8 Å². The molecule has 0 radical (unpaired) electrons. The molecule has 1 rings (SSSR count). The number of carboxylic acids is 1. The van der Waals surface area contributed by atoms with Gasteiger partial charge in [0.1, 0.15) is 0 Å². The number of carbonyl (C=O) groups is 1. The fourth-order valence-corrected chi connectivity index (χ4v) is 0.574. The summed E-state index contributed by atoms with van der Waals surface area (Å²) in [5.41, 5.74) is 0.220. The van der Waals surface area contributed by atoms with Gasteiger partial charge in [-0.3, -0.25) is 4.70 Å². The summed E-state index contributed by atoms with van der Waals surface area (Å²) in [6, 6.07) is 8.06. The average molecular weight is 164 g/mol. The molecule has 0 bridgehead atoms. The quantitative estimate of drug-likeness (QED) is 0.421. The van der Waals surface area contributed by atoms with E-state index in [1.165, 1.54) is 12.1 Å². The molecule has 0 aliphatic heterocycles. The van der Waals surface area contributed by atoms with Crippen molar-refractivity contribution < 1.29 is 44.2 Å².